The molecule has 0 bridgehead atoms. The number of carboxylic acid groups (broad SMARTS) is 1. The van der Waals surface area contributed by atoms with Crippen LogP contribution >= 0.6 is 0 Å². The molecule has 0 saturated heterocycles. The van der Waals surface area contributed by atoms with E-state index in [2.05, 4.69) is 6.92 Å². The summed E-state index contributed by atoms with van der Waals surface area (Å²) in [6.45, 7) is 2.12. The van der Waals surface area contributed by atoms with Gasteiger partial charge in [0.15, 0.2) is 0 Å². The van der Waals surface area contributed by atoms with Crippen LogP contribution in [0.3, 0.4) is 0 Å². The summed E-state index contributed by atoms with van der Waals surface area (Å²) in [6.07, 6.45) is 18.0. The van der Waals surface area contributed by atoms with Crippen LogP contribution in [0, 0.1) is 0 Å². The zero-order valence-electron chi connectivity index (χ0n) is 14.7. The summed E-state index contributed by atoms with van der Waals surface area (Å²) in [5.74, 6) is -0.667. The molecule has 1 atom stereocenters. The zero-order chi connectivity index (χ0) is 16.5. The Morgan fingerprint density at radius 2 is 1.14 bits per heavy atom. The molecule has 0 aliphatic rings. The highest BCUT2D eigenvalue weighted by Gasteiger charge is 2.01. The number of hydrogen-bond donors (Lipinski definition) is 2. The quantitative estimate of drug-likeness (QED) is 0.339. The first-order valence-corrected chi connectivity index (χ1v) is 9.56. The van der Waals surface area contributed by atoms with E-state index in [-0.39, 0.29) is 6.10 Å². The summed E-state index contributed by atoms with van der Waals surface area (Å²) in [7, 11) is 0. The van der Waals surface area contributed by atoms with Crippen LogP contribution < -0.4 is 0 Å². The average molecular weight is 315 g/mol. The van der Waals surface area contributed by atoms with Crippen molar-refractivity contribution in [3.63, 3.8) is 0 Å². The molecule has 0 aromatic heterocycles. The second-order valence-electron chi connectivity index (χ2n) is 6.62. The fraction of sp³-hybridized carbons (Fsp3) is 0.947. The Bertz CT molecular complexity index is 241. The van der Waals surface area contributed by atoms with E-state index in [1.807, 2.05) is 0 Å². The number of aliphatic hydroxyl groups is 1. The summed E-state index contributed by atoms with van der Waals surface area (Å²) in [4.78, 5) is 10.4. The molecule has 0 aromatic rings. The van der Waals surface area contributed by atoms with Gasteiger partial charge < -0.3 is 10.2 Å². The smallest absolute Gasteiger partial charge is 0.303 e. The molecule has 0 radical (unpaired) electrons. The van der Waals surface area contributed by atoms with E-state index in [9.17, 15) is 9.90 Å². The van der Waals surface area contributed by atoms with Crippen molar-refractivity contribution in [2.45, 2.75) is 116 Å². The standard InChI is InChI=1S/C19H38O3/c1-2-15-18(20)16-13-11-9-7-5-3-4-6-8-10-12-14-17-19(21)22/h18,20H,2-17H2,1H3,(H,21,22). The van der Waals surface area contributed by atoms with E-state index < -0.39 is 5.97 Å². The first kappa shape index (κ1) is 21.4. The summed E-state index contributed by atoms with van der Waals surface area (Å²) >= 11 is 0. The zero-order valence-corrected chi connectivity index (χ0v) is 14.7. The van der Waals surface area contributed by atoms with Gasteiger partial charge in [0, 0.05) is 6.42 Å². The molecule has 3 heteroatoms. The number of aliphatic hydroxyl groups excluding tert-OH is 1. The molecule has 0 aliphatic heterocycles. The molecule has 0 spiro atoms. The first-order chi connectivity index (χ1) is 10.7. The normalized spacial score (nSPS) is 12.5. The molecule has 0 heterocycles. The summed E-state index contributed by atoms with van der Waals surface area (Å²) in [6, 6.07) is 0. The van der Waals surface area contributed by atoms with Gasteiger partial charge in [0.1, 0.15) is 0 Å². The molecule has 0 aliphatic carbocycles. The van der Waals surface area contributed by atoms with Gasteiger partial charge in [0.25, 0.3) is 0 Å². The van der Waals surface area contributed by atoms with Crippen molar-refractivity contribution in [2.75, 3.05) is 0 Å². The van der Waals surface area contributed by atoms with Gasteiger partial charge in [-0.05, 0) is 19.3 Å². The van der Waals surface area contributed by atoms with Crippen LogP contribution in [-0.4, -0.2) is 22.3 Å². The van der Waals surface area contributed by atoms with Crippen LogP contribution in [0.25, 0.3) is 0 Å². The molecule has 0 rings (SSSR count). The minimum Gasteiger partial charge on any atom is -0.481 e. The lowest BCUT2D eigenvalue weighted by molar-refractivity contribution is -0.137. The van der Waals surface area contributed by atoms with Crippen LogP contribution in [-0.2, 0) is 4.79 Å². The maximum atomic E-state index is 10.4. The minimum absolute atomic E-state index is 0.0690. The third kappa shape index (κ3) is 17.5. The van der Waals surface area contributed by atoms with Crippen LogP contribution in [0.4, 0.5) is 0 Å². The highest BCUT2D eigenvalue weighted by molar-refractivity contribution is 5.66. The molecule has 0 amide bonds. The largest absolute Gasteiger partial charge is 0.481 e. The van der Waals surface area contributed by atoms with E-state index in [4.69, 9.17) is 5.11 Å². The maximum absolute atomic E-state index is 10.4. The van der Waals surface area contributed by atoms with Crippen LogP contribution in [0.5, 0.6) is 0 Å². The molecule has 3 nitrogen and oxygen atoms in total. The second kappa shape index (κ2) is 16.8. The van der Waals surface area contributed by atoms with Crippen molar-refractivity contribution in [1.29, 1.82) is 0 Å². The number of rotatable bonds is 17. The Kier molecular flexibility index (Phi) is 16.4. The van der Waals surface area contributed by atoms with E-state index >= 15 is 0 Å². The molecule has 1 unspecified atom stereocenters. The number of carboxylic acids is 1. The monoisotopic (exact) mass is 314 g/mol. The van der Waals surface area contributed by atoms with Gasteiger partial charge in [0.2, 0.25) is 0 Å². The third-order valence-corrected chi connectivity index (χ3v) is 4.30. The average Bonchev–Trinajstić information content (AvgIpc) is 2.47. The lowest BCUT2D eigenvalue weighted by Crippen LogP contribution is -2.04. The van der Waals surface area contributed by atoms with Gasteiger partial charge in [-0.2, -0.15) is 0 Å². The number of hydrogen-bond acceptors (Lipinski definition) is 2. The van der Waals surface area contributed by atoms with Crippen molar-refractivity contribution in [3.8, 4) is 0 Å². The molecular weight excluding hydrogens is 276 g/mol. The Morgan fingerprint density at radius 3 is 1.55 bits per heavy atom. The Hall–Kier alpha value is -0.570. The van der Waals surface area contributed by atoms with Crippen LogP contribution in [0.1, 0.15) is 110 Å². The number of carbonyl (C=O) groups is 1. The summed E-state index contributed by atoms with van der Waals surface area (Å²) in [5.41, 5.74) is 0. The number of unbranched alkanes of at least 4 members (excludes halogenated alkanes) is 11. The maximum Gasteiger partial charge on any atom is 0.303 e. The van der Waals surface area contributed by atoms with E-state index in [1.165, 1.54) is 64.2 Å². The van der Waals surface area contributed by atoms with Gasteiger partial charge in [-0.25, -0.2) is 0 Å². The van der Waals surface area contributed by atoms with Gasteiger partial charge in [0.05, 0.1) is 6.10 Å². The summed E-state index contributed by atoms with van der Waals surface area (Å²) in [5, 5.41) is 18.2. The van der Waals surface area contributed by atoms with Crippen LogP contribution in [0.2, 0.25) is 0 Å². The third-order valence-electron chi connectivity index (χ3n) is 4.30. The molecule has 0 fully saturated rings. The molecule has 22 heavy (non-hydrogen) atoms. The minimum atomic E-state index is -0.667. The predicted molar refractivity (Wildman–Crippen MR) is 93.2 cm³/mol. The lowest BCUT2D eigenvalue weighted by Gasteiger charge is -2.08. The fourth-order valence-electron chi connectivity index (χ4n) is 2.90. The van der Waals surface area contributed by atoms with Gasteiger partial charge in [-0.1, -0.05) is 84.0 Å². The molecule has 0 saturated carbocycles. The highest BCUT2D eigenvalue weighted by Crippen LogP contribution is 2.14. The summed E-state index contributed by atoms with van der Waals surface area (Å²) < 4.78 is 0. The molecule has 0 aromatic carbocycles. The molecular formula is C19H38O3. The van der Waals surface area contributed by atoms with Gasteiger partial charge in [-0.15, -0.1) is 0 Å². The Labute approximate surface area is 137 Å². The fourth-order valence-corrected chi connectivity index (χ4v) is 2.90. The molecule has 2 N–H and O–H groups in total. The van der Waals surface area contributed by atoms with Crippen LogP contribution in [0.15, 0.2) is 0 Å². The van der Waals surface area contributed by atoms with Crippen molar-refractivity contribution < 1.29 is 15.0 Å². The topological polar surface area (TPSA) is 57.5 Å². The first-order valence-electron chi connectivity index (χ1n) is 9.56. The van der Waals surface area contributed by atoms with Crippen molar-refractivity contribution in [3.05, 3.63) is 0 Å². The van der Waals surface area contributed by atoms with E-state index in [1.54, 1.807) is 0 Å². The second-order valence-corrected chi connectivity index (χ2v) is 6.62. The Morgan fingerprint density at radius 1 is 0.727 bits per heavy atom. The van der Waals surface area contributed by atoms with Crippen molar-refractivity contribution in [1.82, 2.24) is 0 Å². The van der Waals surface area contributed by atoms with Gasteiger partial charge >= 0.3 is 5.97 Å². The highest BCUT2D eigenvalue weighted by atomic mass is 16.4. The predicted octanol–water partition coefficient (Wildman–Crippen LogP) is 5.69. The molecule has 132 valence electrons. The number of aliphatic carboxylic acids is 1. The van der Waals surface area contributed by atoms with Crippen molar-refractivity contribution >= 4 is 5.97 Å². The van der Waals surface area contributed by atoms with Crippen molar-refractivity contribution in [2.24, 2.45) is 0 Å². The SMILES string of the molecule is CCCC(O)CCCCCCCCCCCCCCC(=O)O. The lowest BCUT2D eigenvalue weighted by atomic mass is 10.0. The Balaban J connectivity index is 3.04. The van der Waals surface area contributed by atoms with Gasteiger partial charge in [-0.3, -0.25) is 4.79 Å². The van der Waals surface area contributed by atoms with E-state index in [0.717, 1.165) is 32.1 Å². The van der Waals surface area contributed by atoms with E-state index in [0.29, 0.717) is 6.42 Å².